The highest BCUT2D eigenvalue weighted by atomic mass is 19.4. The van der Waals surface area contributed by atoms with Gasteiger partial charge in [-0.3, -0.25) is 0 Å². The van der Waals surface area contributed by atoms with Crippen molar-refractivity contribution >= 4 is 11.7 Å². The predicted octanol–water partition coefficient (Wildman–Crippen LogP) is 4.84. The fourth-order valence-electron chi connectivity index (χ4n) is 3.58. The summed E-state index contributed by atoms with van der Waals surface area (Å²) in [6.45, 7) is 3.76. The molecule has 1 heterocycles. The van der Waals surface area contributed by atoms with Crippen LogP contribution in [0.1, 0.15) is 37.0 Å². The molecule has 0 radical (unpaired) electrons. The van der Waals surface area contributed by atoms with Gasteiger partial charge in [0.15, 0.2) is 17.6 Å². The summed E-state index contributed by atoms with van der Waals surface area (Å²) in [4.78, 5) is 19.8. The lowest BCUT2D eigenvalue weighted by Gasteiger charge is -2.26. The molecule has 1 atom stereocenters. The van der Waals surface area contributed by atoms with Crippen molar-refractivity contribution in [3.63, 3.8) is 0 Å². The number of benzene rings is 2. The Hall–Kier alpha value is -3.43. The second-order valence-electron chi connectivity index (χ2n) is 8.22. The molecule has 0 saturated heterocycles. The minimum Gasteiger partial charge on any atom is -0.493 e. The fourth-order valence-corrected chi connectivity index (χ4v) is 3.58. The van der Waals surface area contributed by atoms with Crippen molar-refractivity contribution in [3.8, 4) is 11.5 Å². The second-order valence-corrected chi connectivity index (χ2v) is 8.22. The van der Waals surface area contributed by atoms with E-state index in [0.717, 1.165) is 17.7 Å². The van der Waals surface area contributed by atoms with Crippen molar-refractivity contribution in [3.05, 3.63) is 59.2 Å². The smallest absolute Gasteiger partial charge is 0.416 e. The maximum atomic E-state index is 13.1. The molecule has 0 aliphatic carbocycles. The van der Waals surface area contributed by atoms with E-state index in [0.29, 0.717) is 29.2 Å². The highest BCUT2D eigenvalue weighted by molar-refractivity contribution is 6.01. The summed E-state index contributed by atoms with van der Waals surface area (Å²) in [7, 11) is 3.08. The van der Waals surface area contributed by atoms with E-state index in [1.54, 1.807) is 25.3 Å². The topological polar surface area (TPSA) is 72.4 Å². The maximum absolute atomic E-state index is 13.1. The van der Waals surface area contributed by atoms with Gasteiger partial charge in [0.1, 0.15) is 0 Å². The molecule has 1 N–H and O–H groups in total. The van der Waals surface area contributed by atoms with Crippen LogP contribution in [-0.4, -0.2) is 49.6 Å². The number of amides is 2. The lowest BCUT2D eigenvalue weighted by Crippen LogP contribution is -2.45. The molecule has 0 fully saturated rings. The third-order valence-electron chi connectivity index (χ3n) is 5.20. The van der Waals surface area contributed by atoms with Crippen LogP contribution in [0.3, 0.4) is 0 Å². The van der Waals surface area contributed by atoms with Crippen molar-refractivity contribution in [2.24, 2.45) is 5.16 Å². The predicted molar refractivity (Wildman–Crippen MR) is 121 cm³/mol. The summed E-state index contributed by atoms with van der Waals surface area (Å²) in [5.74, 6) is 1.13. The van der Waals surface area contributed by atoms with Gasteiger partial charge >= 0.3 is 12.2 Å². The highest BCUT2D eigenvalue weighted by Gasteiger charge is 2.31. The Balaban J connectivity index is 1.73. The van der Waals surface area contributed by atoms with Gasteiger partial charge in [0.05, 0.1) is 32.0 Å². The van der Waals surface area contributed by atoms with Crippen LogP contribution in [0.4, 0.5) is 18.0 Å². The molecule has 0 bridgehead atoms. The highest BCUT2D eigenvalue weighted by Crippen LogP contribution is 2.31. The third kappa shape index (κ3) is 6.33. The van der Waals surface area contributed by atoms with Gasteiger partial charge in [0.25, 0.3) is 0 Å². The second kappa shape index (κ2) is 10.7. The van der Waals surface area contributed by atoms with Gasteiger partial charge in [-0.25, -0.2) is 4.79 Å². The number of nitrogens with one attached hydrogen (secondary N) is 1. The first-order chi connectivity index (χ1) is 16.1. The molecule has 2 aromatic carbocycles. The zero-order valence-corrected chi connectivity index (χ0v) is 19.5. The summed E-state index contributed by atoms with van der Waals surface area (Å²) in [5, 5.41) is 6.95. The number of hydrogen-bond donors (Lipinski definition) is 1. The molecule has 184 valence electrons. The number of nitrogens with zero attached hydrogens (tertiary/aromatic N) is 2. The molecule has 0 aromatic heterocycles. The van der Waals surface area contributed by atoms with Gasteiger partial charge in [0.2, 0.25) is 0 Å². The number of alkyl halides is 3. The number of oxime groups is 1. The average molecular weight is 479 g/mol. The zero-order chi connectivity index (χ0) is 24.9. The van der Waals surface area contributed by atoms with E-state index in [1.165, 1.54) is 18.1 Å². The SMILES string of the molecule is COc1ccc(C2=NO[C@@H](CN(Cc3cccc(C(F)(F)F)c3)C(=O)NC(C)C)C2)cc1OC. The van der Waals surface area contributed by atoms with Crippen LogP contribution >= 0.6 is 0 Å². The van der Waals surface area contributed by atoms with E-state index in [4.69, 9.17) is 14.3 Å². The van der Waals surface area contributed by atoms with E-state index >= 15 is 0 Å². The zero-order valence-electron chi connectivity index (χ0n) is 19.5. The van der Waals surface area contributed by atoms with E-state index in [9.17, 15) is 18.0 Å². The quantitative estimate of drug-likeness (QED) is 0.589. The van der Waals surface area contributed by atoms with Crippen LogP contribution in [0.25, 0.3) is 0 Å². The third-order valence-corrected chi connectivity index (χ3v) is 5.20. The molecule has 3 rings (SSSR count). The number of urea groups is 1. The van der Waals surface area contributed by atoms with E-state index in [1.807, 2.05) is 19.9 Å². The number of carbonyl (C=O) groups excluding carboxylic acids is 1. The normalized spacial score (nSPS) is 15.5. The van der Waals surface area contributed by atoms with Crippen LogP contribution in [0, 0.1) is 0 Å². The van der Waals surface area contributed by atoms with Gasteiger partial charge in [-0.1, -0.05) is 17.3 Å². The number of ether oxygens (including phenoxy) is 2. The molecule has 1 aliphatic rings. The van der Waals surface area contributed by atoms with E-state index in [-0.39, 0.29) is 19.1 Å². The Kier molecular flexibility index (Phi) is 7.90. The first kappa shape index (κ1) is 25.2. The summed E-state index contributed by atoms with van der Waals surface area (Å²) in [5.41, 5.74) is 1.07. The Bertz CT molecular complexity index is 1040. The first-order valence-corrected chi connectivity index (χ1v) is 10.8. The standard InChI is InChI=1S/C24H28F3N3O4/c1-15(2)28-23(31)30(13-16-6-5-7-18(10-16)24(25,26)27)14-19-12-20(29-34-19)17-8-9-21(32-3)22(11-17)33-4/h5-11,15,19H,12-14H2,1-4H3,(H,28,31)/t19-/m1/s1. The fraction of sp³-hybridized carbons (Fsp3) is 0.417. The van der Waals surface area contributed by atoms with Crippen molar-refractivity contribution in [2.75, 3.05) is 20.8 Å². The summed E-state index contributed by atoms with van der Waals surface area (Å²) in [6.07, 6.45) is -4.49. The minimum absolute atomic E-state index is 0.00593. The molecule has 1 aliphatic heterocycles. The largest absolute Gasteiger partial charge is 0.493 e. The summed E-state index contributed by atoms with van der Waals surface area (Å²) < 4.78 is 50.0. The Morgan fingerprint density at radius 2 is 1.91 bits per heavy atom. The van der Waals surface area contributed by atoms with Crippen LogP contribution in [0.2, 0.25) is 0 Å². The Labute approximate surface area is 196 Å². The van der Waals surface area contributed by atoms with Crippen LogP contribution in [-0.2, 0) is 17.6 Å². The molecule has 34 heavy (non-hydrogen) atoms. The maximum Gasteiger partial charge on any atom is 0.416 e. The van der Waals surface area contributed by atoms with Crippen molar-refractivity contribution in [2.45, 2.75) is 45.1 Å². The number of rotatable bonds is 8. The number of halogens is 3. The van der Waals surface area contributed by atoms with Gasteiger partial charge in [-0.05, 0) is 49.7 Å². The Morgan fingerprint density at radius 1 is 1.18 bits per heavy atom. The number of carbonyl (C=O) groups is 1. The summed E-state index contributed by atoms with van der Waals surface area (Å²) >= 11 is 0. The van der Waals surface area contributed by atoms with Crippen molar-refractivity contribution < 1.29 is 32.3 Å². The van der Waals surface area contributed by atoms with Crippen LogP contribution in [0.15, 0.2) is 47.6 Å². The molecule has 0 spiro atoms. The molecule has 10 heteroatoms. The van der Waals surface area contributed by atoms with Gasteiger partial charge < -0.3 is 24.5 Å². The molecule has 2 aromatic rings. The molecule has 7 nitrogen and oxygen atoms in total. The number of hydrogen-bond acceptors (Lipinski definition) is 5. The molecule has 0 unspecified atom stereocenters. The summed E-state index contributed by atoms with van der Waals surface area (Å²) in [6, 6.07) is 9.80. The molecular weight excluding hydrogens is 451 g/mol. The molecular formula is C24H28F3N3O4. The monoisotopic (exact) mass is 479 g/mol. The molecule has 2 amide bonds. The van der Waals surface area contributed by atoms with Gasteiger partial charge in [-0.15, -0.1) is 0 Å². The van der Waals surface area contributed by atoms with Crippen molar-refractivity contribution in [1.82, 2.24) is 10.2 Å². The average Bonchev–Trinajstić information content (AvgIpc) is 3.26. The minimum atomic E-state index is -4.46. The van der Waals surface area contributed by atoms with Gasteiger partial charge in [0, 0.05) is 24.6 Å². The van der Waals surface area contributed by atoms with E-state index < -0.39 is 23.9 Å². The number of methoxy groups -OCH3 is 2. The van der Waals surface area contributed by atoms with Crippen molar-refractivity contribution in [1.29, 1.82) is 0 Å². The molecule has 0 saturated carbocycles. The lowest BCUT2D eigenvalue weighted by molar-refractivity contribution is -0.137. The first-order valence-electron chi connectivity index (χ1n) is 10.8. The Morgan fingerprint density at radius 3 is 2.56 bits per heavy atom. The van der Waals surface area contributed by atoms with Crippen LogP contribution in [0.5, 0.6) is 11.5 Å². The lowest BCUT2D eigenvalue weighted by atomic mass is 10.0. The van der Waals surface area contributed by atoms with Crippen LogP contribution < -0.4 is 14.8 Å². The van der Waals surface area contributed by atoms with E-state index in [2.05, 4.69) is 10.5 Å². The van der Waals surface area contributed by atoms with Gasteiger partial charge in [-0.2, -0.15) is 13.2 Å².